The molecule has 2 N–H and O–H groups in total. The highest BCUT2D eigenvalue weighted by molar-refractivity contribution is 8.01. The molecule has 0 fully saturated rings. The van der Waals surface area contributed by atoms with Crippen LogP contribution in [0.25, 0.3) is 11.0 Å². The molecule has 0 aliphatic carbocycles. The Hall–Kier alpha value is -3.26. The van der Waals surface area contributed by atoms with Crippen molar-refractivity contribution in [3.05, 3.63) is 95.3 Å². The molecule has 1 aliphatic heterocycles. The molecular weight excluding hydrogens is 435 g/mol. The highest BCUT2D eigenvalue weighted by atomic mass is 32.2. The highest BCUT2D eigenvalue weighted by Crippen LogP contribution is 2.37. The second-order valence-electron chi connectivity index (χ2n) is 7.63. The molecule has 0 saturated heterocycles. The van der Waals surface area contributed by atoms with Gasteiger partial charge in [0.05, 0.1) is 22.3 Å². The fourth-order valence-corrected chi connectivity index (χ4v) is 5.11. The fraction of sp³-hybridized carbons (Fsp3) is 0.167. The van der Waals surface area contributed by atoms with E-state index in [1.54, 1.807) is 18.2 Å². The number of amides is 1. The van der Waals surface area contributed by atoms with Crippen molar-refractivity contribution in [2.75, 3.05) is 0 Å². The highest BCUT2D eigenvalue weighted by Gasteiger charge is 2.35. The van der Waals surface area contributed by atoms with Crippen LogP contribution in [0, 0.1) is 0 Å². The molecule has 2 heterocycles. The summed E-state index contributed by atoms with van der Waals surface area (Å²) in [7, 11) is 0. The third kappa shape index (κ3) is 3.98. The second kappa shape index (κ2) is 8.02. The number of aromatic nitrogens is 2. The minimum atomic E-state index is -4.55. The van der Waals surface area contributed by atoms with Crippen LogP contribution < -0.4 is 5.32 Å². The van der Waals surface area contributed by atoms with Gasteiger partial charge in [0.2, 0.25) is 11.7 Å². The van der Waals surface area contributed by atoms with Gasteiger partial charge in [0.1, 0.15) is 0 Å². The minimum Gasteiger partial charge on any atom is -0.344 e. The van der Waals surface area contributed by atoms with E-state index in [1.165, 1.54) is 11.8 Å². The minimum absolute atomic E-state index is 0.110. The van der Waals surface area contributed by atoms with E-state index >= 15 is 0 Å². The van der Waals surface area contributed by atoms with Gasteiger partial charge in [-0.3, -0.25) is 4.79 Å². The normalized spacial score (nSPS) is 16.7. The lowest BCUT2D eigenvalue weighted by Crippen LogP contribution is -2.36. The SMILES string of the molecule is O=C(NC(c1ccccc1)c1ccc2nc(C(F)(F)F)[nH]c2c1)C1Cc2ccccc2S1. The lowest BCUT2D eigenvalue weighted by Gasteiger charge is -2.22. The number of imidazole rings is 1. The summed E-state index contributed by atoms with van der Waals surface area (Å²) >= 11 is 1.53. The average Bonchev–Trinajstić information content (AvgIpc) is 3.41. The van der Waals surface area contributed by atoms with Gasteiger partial charge in [0.15, 0.2) is 0 Å². The zero-order valence-electron chi connectivity index (χ0n) is 16.7. The van der Waals surface area contributed by atoms with Crippen LogP contribution in [0.2, 0.25) is 0 Å². The molecule has 4 aromatic rings. The van der Waals surface area contributed by atoms with Crippen molar-refractivity contribution in [3.8, 4) is 0 Å². The number of carbonyl (C=O) groups is 1. The number of nitrogens with one attached hydrogen (secondary N) is 2. The fourth-order valence-electron chi connectivity index (χ4n) is 3.91. The van der Waals surface area contributed by atoms with Crippen LogP contribution >= 0.6 is 11.8 Å². The molecule has 1 aliphatic rings. The molecule has 0 bridgehead atoms. The van der Waals surface area contributed by atoms with Crippen molar-refractivity contribution in [3.63, 3.8) is 0 Å². The van der Waals surface area contributed by atoms with E-state index in [2.05, 4.69) is 15.3 Å². The number of alkyl halides is 3. The molecule has 0 spiro atoms. The number of carbonyl (C=O) groups excluding carboxylic acids is 1. The number of benzene rings is 3. The Bertz CT molecular complexity index is 1260. The smallest absolute Gasteiger partial charge is 0.344 e. The Labute approximate surface area is 186 Å². The van der Waals surface area contributed by atoms with E-state index < -0.39 is 18.0 Å². The molecule has 0 radical (unpaired) electrons. The summed E-state index contributed by atoms with van der Waals surface area (Å²) in [6.07, 6.45) is -3.91. The van der Waals surface area contributed by atoms with Crippen LogP contribution in [0.3, 0.4) is 0 Å². The lowest BCUT2D eigenvalue weighted by molar-refractivity contribution is -0.144. The van der Waals surface area contributed by atoms with Gasteiger partial charge in [-0.25, -0.2) is 4.98 Å². The van der Waals surface area contributed by atoms with Crippen molar-refractivity contribution in [1.82, 2.24) is 15.3 Å². The van der Waals surface area contributed by atoms with Gasteiger partial charge in [-0.2, -0.15) is 13.2 Å². The maximum atomic E-state index is 13.2. The van der Waals surface area contributed by atoms with Crippen LogP contribution in [-0.2, 0) is 17.4 Å². The lowest BCUT2D eigenvalue weighted by atomic mass is 9.97. The van der Waals surface area contributed by atoms with E-state index in [0.29, 0.717) is 12.0 Å². The molecule has 162 valence electrons. The molecule has 5 rings (SSSR count). The van der Waals surface area contributed by atoms with Gasteiger partial charge in [-0.1, -0.05) is 54.6 Å². The summed E-state index contributed by atoms with van der Waals surface area (Å²) in [4.78, 5) is 20.3. The number of thioether (sulfide) groups is 1. The van der Waals surface area contributed by atoms with E-state index in [-0.39, 0.29) is 22.2 Å². The van der Waals surface area contributed by atoms with E-state index in [0.717, 1.165) is 16.0 Å². The molecule has 2 atom stereocenters. The van der Waals surface area contributed by atoms with Gasteiger partial charge in [-0.15, -0.1) is 11.8 Å². The first-order chi connectivity index (χ1) is 15.4. The second-order valence-corrected chi connectivity index (χ2v) is 8.87. The quantitative estimate of drug-likeness (QED) is 0.429. The van der Waals surface area contributed by atoms with Crippen molar-refractivity contribution in [1.29, 1.82) is 0 Å². The van der Waals surface area contributed by atoms with Gasteiger partial charge >= 0.3 is 6.18 Å². The van der Waals surface area contributed by atoms with Crippen molar-refractivity contribution >= 4 is 28.7 Å². The van der Waals surface area contributed by atoms with Crippen molar-refractivity contribution < 1.29 is 18.0 Å². The summed E-state index contributed by atoms with van der Waals surface area (Å²) in [5.41, 5.74) is 3.16. The zero-order chi connectivity index (χ0) is 22.3. The number of hydrogen-bond donors (Lipinski definition) is 2. The summed E-state index contributed by atoms with van der Waals surface area (Å²) in [6.45, 7) is 0. The summed E-state index contributed by atoms with van der Waals surface area (Å²) in [5, 5.41) is 2.85. The molecule has 4 nitrogen and oxygen atoms in total. The predicted molar refractivity (Wildman–Crippen MR) is 117 cm³/mol. The first kappa shape index (κ1) is 20.6. The monoisotopic (exact) mass is 453 g/mol. The summed E-state index contributed by atoms with van der Waals surface area (Å²) in [6, 6.07) is 21.7. The average molecular weight is 453 g/mol. The third-order valence-corrected chi connectivity index (χ3v) is 6.78. The largest absolute Gasteiger partial charge is 0.449 e. The van der Waals surface area contributed by atoms with Gasteiger partial charge in [-0.05, 0) is 41.3 Å². The summed E-state index contributed by atoms with van der Waals surface area (Å²) in [5.74, 6) is -1.15. The van der Waals surface area contributed by atoms with Gasteiger partial charge < -0.3 is 10.3 Å². The number of fused-ring (bicyclic) bond motifs is 2. The first-order valence-corrected chi connectivity index (χ1v) is 10.9. The van der Waals surface area contributed by atoms with Crippen LogP contribution in [0.15, 0.2) is 77.7 Å². The number of H-pyrrole nitrogens is 1. The zero-order valence-corrected chi connectivity index (χ0v) is 17.5. The molecular formula is C24H18F3N3OS. The third-order valence-electron chi connectivity index (χ3n) is 5.47. The Morgan fingerprint density at radius 3 is 2.53 bits per heavy atom. The molecule has 1 aromatic heterocycles. The number of aromatic amines is 1. The van der Waals surface area contributed by atoms with Crippen LogP contribution in [0.4, 0.5) is 13.2 Å². The molecule has 32 heavy (non-hydrogen) atoms. The molecule has 1 amide bonds. The van der Waals surface area contributed by atoms with Crippen LogP contribution in [0.5, 0.6) is 0 Å². The number of rotatable bonds is 4. The maximum absolute atomic E-state index is 13.2. The Balaban J connectivity index is 1.46. The number of hydrogen-bond acceptors (Lipinski definition) is 3. The topological polar surface area (TPSA) is 57.8 Å². The van der Waals surface area contributed by atoms with Crippen LogP contribution in [-0.4, -0.2) is 21.1 Å². The predicted octanol–water partition coefficient (Wildman–Crippen LogP) is 5.50. The Morgan fingerprint density at radius 2 is 1.78 bits per heavy atom. The number of halogens is 3. The maximum Gasteiger partial charge on any atom is 0.449 e. The number of nitrogens with zero attached hydrogens (tertiary/aromatic N) is 1. The Morgan fingerprint density at radius 1 is 1.03 bits per heavy atom. The standard InChI is InChI=1S/C24H18F3N3OS/c25-24(26,27)23-28-17-11-10-16(12-18(17)29-23)21(14-6-2-1-3-7-14)30-22(31)20-13-15-8-4-5-9-19(15)32-20/h1-12,20-21H,13H2,(H,28,29)(H,30,31). The van der Waals surface area contributed by atoms with Crippen molar-refractivity contribution in [2.45, 2.75) is 28.8 Å². The van der Waals surface area contributed by atoms with Crippen molar-refractivity contribution in [2.24, 2.45) is 0 Å². The Kier molecular flexibility index (Phi) is 5.17. The summed E-state index contributed by atoms with van der Waals surface area (Å²) < 4.78 is 39.2. The van der Waals surface area contributed by atoms with E-state index in [1.807, 2.05) is 54.6 Å². The van der Waals surface area contributed by atoms with E-state index in [9.17, 15) is 18.0 Å². The molecule has 3 aromatic carbocycles. The molecule has 2 unspecified atom stereocenters. The van der Waals surface area contributed by atoms with Crippen LogP contribution in [0.1, 0.15) is 28.6 Å². The van der Waals surface area contributed by atoms with Gasteiger partial charge in [0, 0.05) is 4.90 Å². The van der Waals surface area contributed by atoms with E-state index in [4.69, 9.17) is 0 Å². The first-order valence-electron chi connectivity index (χ1n) is 10.1. The molecule has 8 heteroatoms. The molecule has 0 saturated carbocycles. The van der Waals surface area contributed by atoms with Gasteiger partial charge in [0.25, 0.3) is 0 Å².